The monoisotopic (exact) mass is 465 g/mol. The second-order valence-electron chi connectivity index (χ2n) is 4.76. The number of nitrogens with one attached hydrogen (secondary N) is 1. The van der Waals surface area contributed by atoms with Gasteiger partial charge in [-0.25, -0.2) is 0 Å². The quantitative estimate of drug-likeness (QED) is 0.300. The van der Waals surface area contributed by atoms with Gasteiger partial charge < -0.3 is 10.4 Å². The average molecular weight is 467 g/mol. The first-order chi connectivity index (χ1) is 11.8. The molecule has 0 heterocycles. The molecular weight excluding hydrogens is 458 g/mol. The normalized spacial score (nSPS) is 10.8. The van der Waals surface area contributed by atoms with Crippen LogP contribution in [0.2, 0.25) is 0 Å². The third-order valence-electron chi connectivity index (χ3n) is 3.03. The van der Waals surface area contributed by atoms with Crippen LogP contribution in [0.15, 0.2) is 50.9 Å². The van der Waals surface area contributed by atoms with Crippen molar-refractivity contribution in [2.75, 3.05) is 5.32 Å². The first-order valence-electron chi connectivity index (χ1n) is 6.67. The first-order valence-corrected chi connectivity index (χ1v) is 8.26. The van der Waals surface area contributed by atoms with E-state index < -0.39 is 10.8 Å². The highest BCUT2D eigenvalue weighted by Crippen LogP contribution is 2.34. The number of anilines is 1. The number of benzene rings is 2. The summed E-state index contributed by atoms with van der Waals surface area (Å²) >= 11 is 6.33. The van der Waals surface area contributed by atoms with E-state index in [1.54, 1.807) is 6.07 Å². The average Bonchev–Trinajstić information content (AvgIpc) is 2.57. The summed E-state index contributed by atoms with van der Waals surface area (Å²) in [4.78, 5) is 22.4. The highest BCUT2D eigenvalue weighted by atomic mass is 79.9. The van der Waals surface area contributed by atoms with Crippen LogP contribution < -0.4 is 5.32 Å². The summed E-state index contributed by atoms with van der Waals surface area (Å²) in [5.74, 6) is -0.708. The number of nitro benzene ring substituents is 1. The topological polar surface area (TPSA) is 116 Å². The maximum Gasteiger partial charge on any atom is 0.271 e. The third-order valence-corrected chi connectivity index (χ3v) is 4.24. The highest BCUT2D eigenvalue weighted by molar-refractivity contribution is 9.11. The van der Waals surface area contributed by atoms with Gasteiger partial charge in [-0.2, -0.15) is 5.26 Å². The first kappa shape index (κ1) is 18.6. The molecule has 0 atom stereocenters. The molecule has 25 heavy (non-hydrogen) atoms. The minimum atomic E-state index is -0.705. The zero-order valence-corrected chi connectivity index (χ0v) is 15.5. The Bertz CT molecular complexity index is 912. The van der Waals surface area contributed by atoms with Gasteiger partial charge in [-0.1, -0.05) is 6.07 Å². The van der Waals surface area contributed by atoms with Crippen LogP contribution in [0.5, 0.6) is 5.75 Å². The van der Waals surface area contributed by atoms with Crippen LogP contribution in [0.3, 0.4) is 0 Å². The van der Waals surface area contributed by atoms with Crippen LogP contribution in [0.4, 0.5) is 11.4 Å². The summed E-state index contributed by atoms with van der Waals surface area (Å²) in [5, 5.41) is 32.1. The van der Waals surface area contributed by atoms with Gasteiger partial charge in [0.25, 0.3) is 11.6 Å². The van der Waals surface area contributed by atoms with E-state index >= 15 is 0 Å². The molecule has 0 bridgehead atoms. The van der Waals surface area contributed by atoms with Crippen LogP contribution in [0, 0.1) is 21.4 Å². The van der Waals surface area contributed by atoms with Gasteiger partial charge in [-0.05, 0) is 61.7 Å². The molecule has 0 saturated carbocycles. The van der Waals surface area contributed by atoms with Crippen molar-refractivity contribution < 1.29 is 14.8 Å². The Hall–Kier alpha value is -2.70. The van der Waals surface area contributed by atoms with Crippen molar-refractivity contribution >= 4 is 55.2 Å². The molecule has 1 amide bonds. The number of phenolic OH excluding ortho intramolecular Hbond substituents is 1. The number of hydrogen-bond donors (Lipinski definition) is 2. The number of amides is 1. The van der Waals surface area contributed by atoms with Crippen LogP contribution >= 0.6 is 31.9 Å². The number of nitro groups is 1. The number of rotatable bonds is 4. The van der Waals surface area contributed by atoms with Crippen molar-refractivity contribution in [3.8, 4) is 11.8 Å². The van der Waals surface area contributed by atoms with Gasteiger partial charge in [0.1, 0.15) is 17.4 Å². The van der Waals surface area contributed by atoms with Crippen molar-refractivity contribution in [2.45, 2.75) is 0 Å². The predicted octanol–water partition coefficient (Wildman–Crippen LogP) is 4.37. The zero-order chi connectivity index (χ0) is 18.6. The standard InChI is InChI=1S/C16H9Br2N3O4/c17-13-5-9(6-14(18)15(13)22)4-10(8-19)16(23)20-11-2-1-3-12(7-11)21(24)25/h1-7,22H,(H,20,23). The zero-order valence-electron chi connectivity index (χ0n) is 12.4. The van der Waals surface area contributed by atoms with Crippen molar-refractivity contribution in [3.63, 3.8) is 0 Å². The van der Waals surface area contributed by atoms with Gasteiger partial charge in [0.15, 0.2) is 0 Å². The van der Waals surface area contributed by atoms with Crippen molar-refractivity contribution in [1.29, 1.82) is 5.26 Å². The van der Waals surface area contributed by atoms with Crippen molar-refractivity contribution in [3.05, 3.63) is 66.6 Å². The largest absolute Gasteiger partial charge is 0.506 e. The van der Waals surface area contributed by atoms with E-state index in [4.69, 9.17) is 0 Å². The maximum atomic E-state index is 12.2. The molecule has 0 aromatic heterocycles. The Labute approximate surface area is 159 Å². The Morgan fingerprint density at radius 1 is 1.28 bits per heavy atom. The molecule has 0 radical (unpaired) electrons. The van der Waals surface area contributed by atoms with Gasteiger partial charge >= 0.3 is 0 Å². The lowest BCUT2D eigenvalue weighted by atomic mass is 10.1. The summed E-state index contributed by atoms with van der Waals surface area (Å²) in [6.07, 6.45) is 1.33. The fourth-order valence-corrected chi connectivity index (χ4v) is 3.10. The number of carbonyl (C=O) groups excluding carboxylic acids is 1. The van der Waals surface area contributed by atoms with Crippen LogP contribution in [-0.4, -0.2) is 15.9 Å². The number of carbonyl (C=O) groups is 1. The van der Waals surface area contributed by atoms with Crippen LogP contribution in [-0.2, 0) is 4.79 Å². The van der Waals surface area contributed by atoms with E-state index in [0.29, 0.717) is 14.5 Å². The number of halogens is 2. The molecule has 2 aromatic rings. The summed E-state index contributed by atoms with van der Waals surface area (Å²) < 4.78 is 0.786. The molecule has 0 spiro atoms. The fourth-order valence-electron chi connectivity index (χ4n) is 1.88. The molecule has 2 rings (SSSR count). The Morgan fingerprint density at radius 2 is 1.92 bits per heavy atom. The minimum Gasteiger partial charge on any atom is -0.506 e. The number of phenols is 1. The van der Waals surface area contributed by atoms with E-state index in [0.717, 1.165) is 0 Å². The van der Waals surface area contributed by atoms with E-state index in [2.05, 4.69) is 37.2 Å². The summed E-state index contributed by atoms with van der Waals surface area (Å²) in [7, 11) is 0. The number of nitrogens with zero attached hydrogens (tertiary/aromatic N) is 2. The number of non-ortho nitro benzene ring substituents is 1. The van der Waals surface area contributed by atoms with Crippen molar-refractivity contribution in [2.24, 2.45) is 0 Å². The molecule has 0 saturated heterocycles. The molecule has 0 aliphatic heterocycles. The molecule has 7 nitrogen and oxygen atoms in total. The molecule has 0 unspecified atom stereocenters. The second-order valence-corrected chi connectivity index (χ2v) is 6.47. The smallest absolute Gasteiger partial charge is 0.271 e. The number of nitriles is 1. The summed E-state index contributed by atoms with van der Waals surface area (Å²) in [5.41, 5.74) is 0.332. The minimum absolute atomic E-state index is 0.00305. The highest BCUT2D eigenvalue weighted by Gasteiger charge is 2.13. The molecular formula is C16H9Br2N3O4. The van der Waals surface area contributed by atoms with Gasteiger partial charge in [-0.15, -0.1) is 0 Å². The Morgan fingerprint density at radius 3 is 2.48 bits per heavy atom. The molecule has 0 fully saturated rings. The van der Waals surface area contributed by atoms with E-state index in [1.807, 2.05) is 0 Å². The van der Waals surface area contributed by atoms with Gasteiger partial charge in [0, 0.05) is 17.8 Å². The van der Waals surface area contributed by atoms with Gasteiger partial charge in [0.05, 0.1) is 13.9 Å². The van der Waals surface area contributed by atoms with Gasteiger partial charge in [0.2, 0.25) is 0 Å². The van der Waals surface area contributed by atoms with Crippen molar-refractivity contribution in [1.82, 2.24) is 0 Å². The number of hydrogen-bond acceptors (Lipinski definition) is 5. The van der Waals surface area contributed by atoms with E-state index in [-0.39, 0.29) is 22.7 Å². The molecule has 2 N–H and O–H groups in total. The number of aromatic hydroxyl groups is 1. The lowest BCUT2D eigenvalue weighted by Gasteiger charge is -2.05. The predicted molar refractivity (Wildman–Crippen MR) is 98.8 cm³/mol. The lowest BCUT2D eigenvalue weighted by Crippen LogP contribution is -2.13. The molecule has 0 aliphatic rings. The third kappa shape index (κ3) is 4.65. The summed E-state index contributed by atoms with van der Waals surface area (Å²) in [6.45, 7) is 0. The van der Waals surface area contributed by atoms with E-state index in [1.165, 1.54) is 42.5 Å². The molecule has 9 heteroatoms. The molecule has 126 valence electrons. The fraction of sp³-hybridized carbons (Fsp3) is 0. The summed E-state index contributed by atoms with van der Waals surface area (Å²) in [6, 6.07) is 10.3. The molecule has 2 aromatic carbocycles. The molecule has 0 aliphatic carbocycles. The second kappa shape index (κ2) is 7.92. The van der Waals surface area contributed by atoms with E-state index in [9.17, 15) is 25.3 Å². The Balaban J connectivity index is 2.29. The van der Waals surface area contributed by atoms with Crippen LogP contribution in [0.1, 0.15) is 5.56 Å². The lowest BCUT2D eigenvalue weighted by molar-refractivity contribution is -0.384. The van der Waals surface area contributed by atoms with Crippen LogP contribution in [0.25, 0.3) is 6.08 Å². The maximum absolute atomic E-state index is 12.2. The Kier molecular flexibility index (Phi) is 5.90. The SMILES string of the molecule is N#CC(=Cc1cc(Br)c(O)c(Br)c1)C(=O)Nc1cccc([N+](=O)[O-])c1. The van der Waals surface area contributed by atoms with Gasteiger partial charge in [-0.3, -0.25) is 14.9 Å².